The molecule has 0 unspecified atom stereocenters. The molecule has 5 nitrogen and oxygen atoms in total. The highest BCUT2D eigenvalue weighted by Crippen LogP contribution is 2.18. The van der Waals surface area contributed by atoms with Crippen LogP contribution < -0.4 is 10.4 Å². The first kappa shape index (κ1) is 16.2. The number of carbonyl (C=O) groups is 1. The van der Waals surface area contributed by atoms with Crippen LogP contribution in [-0.4, -0.2) is 28.2 Å². The molecule has 7 heteroatoms. The zero-order valence-electron chi connectivity index (χ0n) is 13.4. The van der Waals surface area contributed by atoms with Gasteiger partial charge >= 0.3 is 0 Å². The van der Waals surface area contributed by atoms with Crippen LogP contribution in [0.4, 0.5) is 8.78 Å². The normalized spacial score (nSPS) is 14.3. The fourth-order valence-corrected chi connectivity index (χ4v) is 2.71. The summed E-state index contributed by atoms with van der Waals surface area (Å²) in [6.07, 6.45) is 1.49. The second-order valence-corrected chi connectivity index (χ2v) is 6.00. The third-order valence-electron chi connectivity index (χ3n) is 4.00. The molecule has 1 aliphatic heterocycles. The predicted molar refractivity (Wildman–Crippen MR) is 85.2 cm³/mol. The highest BCUT2D eigenvalue weighted by atomic mass is 19.1. The minimum Gasteiger partial charge on any atom is -0.316 e. The van der Waals surface area contributed by atoms with Crippen LogP contribution in [0, 0.1) is 11.6 Å². The second-order valence-electron chi connectivity index (χ2n) is 6.00. The number of pyridine rings is 1. The van der Waals surface area contributed by atoms with Crippen LogP contribution in [0.25, 0.3) is 0 Å². The molecule has 0 atom stereocenters. The number of hydrogen-bond acceptors (Lipinski definition) is 3. The van der Waals surface area contributed by atoms with Crippen LogP contribution in [0.2, 0.25) is 0 Å². The lowest BCUT2D eigenvalue weighted by Crippen LogP contribution is -2.55. The lowest BCUT2D eigenvalue weighted by Gasteiger charge is -2.41. The topological polar surface area (TPSA) is 45.5 Å². The van der Waals surface area contributed by atoms with Crippen molar-refractivity contribution in [2.24, 2.45) is 0 Å². The number of fused-ring (bicyclic) bond motifs is 1. The van der Waals surface area contributed by atoms with E-state index in [1.807, 2.05) is 13.8 Å². The molecule has 0 aliphatic carbocycles. The van der Waals surface area contributed by atoms with Gasteiger partial charge in [-0.25, -0.2) is 8.78 Å². The summed E-state index contributed by atoms with van der Waals surface area (Å²) in [5.74, 6) is -1.54. The van der Waals surface area contributed by atoms with Crippen LogP contribution in [0.15, 0.2) is 41.3 Å². The molecule has 2 aromatic rings. The summed E-state index contributed by atoms with van der Waals surface area (Å²) < 4.78 is 28.6. The second kappa shape index (κ2) is 6.07. The highest BCUT2D eigenvalue weighted by molar-refractivity contribution is 5.93. The summed E-state index contributed by atoms with van der Waals surface area (Å²) in [4.78, 5) is 25.7. The molecular formula is C17H17F2N3O2. The van der Waals surface area contributed by atoms with Crippen molar-refractivity contribution in [3.63, 3.8) is 0 Å². The van der Waals surface area contributed by atoms with Crippen molar-refractivity contribution in [2.45, 2.75) is 26.4 Å². The molecule has 1 amide bonds. The summed E-state index contributed by atoms with van der Waals surface area (Å²) in [7, 11) is 0. The Morgan fingerprint density at radius 3 is 2.54 bits per heavy atom. The molecule has 0 radical (unpaired) electrons. The van der Waals surface area contributed by atoms with Gasteiger partial charge in [0.15, 0.2) is 5.43 Å². The SMILES string of the molecule is CC(C)N1CN(Cc2ccc(F)cc2F)n2ccc(=O)cc2C1=O. The summed E-state index contributed by atoms with van der Waals surface area (Å²) in [6, 6.07) is 5.93. The lowest BCUT2D eigenvalue weighted by atomic mass is 10.2. The number of aromatic nitrogens is 1. The van der Waals surface area contributed by atoms with Gasteiger partial charge in [0.25, 0.3) is 5.91 Å². The maximum absolute atomic E-state index is 14.0. The predicted octanol–water partition coefficient (Wildman–Crippen LogP) is 2.09. The molecule has 3 rings (SSSR count). The number of carbonyl (C=O) groups excluding carboxylic acids is 1. The first-order valence-corrected chi connectivity index (χ1v) is 7.59. The fraction of sp³-hybridized carbons (Fsp3) is 0.294. The van der Waals surface area contributed by atoms with Crippen molar-refractivity contribution in [3.8, 4) is 0 Å². The average molecular weight is 333 g/mol. The van der Waals surface area contributed by atoms with E-state index in [0.717, 1.165) is 6.07 Å². The van der Waals surface area contributed by atoms with E-state index < -0.39 is 11.6 Å². The molecular weight excluding hydrogens is 316 g/mol. The van der Waals surface area contributed by atoms with E-state index in [9.17, 15) is 18.4 Å². The lowest BCUT2D eigenvalue weighted by molar-refractivity contribution is 0.0633. The van der Waals surface area contributed by atoms with Gasteiger partial charge in [-0.3, -0.25) is 19.3 Å². The molecule has 1 aliphatic rings. The summed E-state index contributed by atoms with van der Waals surface area (Å²) >= 11 is 0. The third-order valence-corrected chi connectivity index (χ3v) is 4.00. The molecule has 24 heavy (non-hydrogen) atoms. The van der Waals surface area contributed by atoms with Crippen molar-refractivity contribution >= 4 is 5.91 Å². The van der Waals surface area contributed by atoms with Crippen LogP contribution in [0.5, 0.6) is 0 Å². The van der Waals surface area contributed by atoms with Crippen molar-refractivity contribution in [2.75, 3.05) is 11.7 Å². The van der Waals surface area contributed by atoms with E-state index in [1.165, 1.54) is 30.5 Å². The Bertz CT molecular complexity index is 848. The molecule has 126 valence electrons. The highest BCUT2D eigenvalue weighted by Gasteiger charge is 2.30. The van der Waals surface area contributed by atoms with Crippen LogP contribution in [0.3, 0.4) is 0 Å². The monoisotopic (exact) mass is 333 g/mol. The Hall–Kier alpha value is -2.70. The van der Waals surface area contributed by atoms with Gasteiger partial charge in [-0.15, -0.1) is 0 Å². The first-order valence-electron chi connectivity index (χ1n) is 7.59. The van der Waals surface area contributed by atoms with Gasteiger partial charge in [-0.1, -0.05) is 6.07 Å². The van der Waals surface area contributed by atoms with Crippen LogP contribution in [-0.2, 0) is 6.54 Å². The minimum absolute atomic E-state index is 0.0814. The molecule has 0 fully saturated rings. The van der Waals surface area contributed by atoms with Crippen molar-refractivity contribution < 1.29 is 13.6 Å². The minimum atomic E-state index is -0.648. The van der Waals surface area contributed by atoms with E-state index >= 15 is 0 Å². The number of benzene rings is 1. The maximum atomic E-state index is 14.0. The van der Waals surface area contributed by atoms with Crippen molar-refractivity contribution in [3.05, 3.63) is 69.6 Å². The van der Waals surface area contributed by atoms with Gasteiger partial charge in [-0.2, -0.15) is 0 Å². The Morgan fingerprint density at radius 2 is 1.88 bits per heavy atom. The average Bonchev–Trinajstić information content (AvgIpc) is 2.52. The Morgan fingerprint density at radius 1 is 1.12 bits per heavy atom. The molecule has 1 aromatic heterocycles. The van der Waals surface area contributed by atoms with E-state index in [1.54, 1.807) is 14.6 Å². The third kappa shape index (κ3) is 2.89. The zero-order chi connectivity index (χ0) is 17.4. The van der Waals surface area contributed by atoms with Gasteiger partial charge in [0, 0.05) is 36.0 Å². The van der Waals surface area contributed by atoms with Gasteiger partial charge in [0.05, 0.1) is 6.54 Å². The number of nitrogens with zero attached hydrogens (tertiary/aromatic N) is 3. The van der Waals surface area contributed by atoms with Gasteiger partial charge in [0.2, 0.25) is 0 Å². The number of rotatable bonds is 3. The van der Waals surface area contributed by atoms with Crippen molar-refractivity contribution in [1.29, 1.82) is 0 Å². The van der Waals surface area contributed by atoms with E-state index in [-0.39, 0.29) is 36.3 Å². The molecule has 0 N–H and O–H groups in total. The Kier molecular flexibility index (Phi) is 4.09. The Balaban J connectivity index is 2.02. The quantitative estimate of drug-likeness (QED) is 0.864. The number of hydrogen-bond donors (Lipinski definition) is 0. The van der Waals surface area contributed by atoms with E-state index in [2.05, 4.69) is 0 Å². The number of amides is 1. The van der Waals surface area contributed by atoms with Gasteiger partial charge in [-0.05, 0) is 19.9 Å². The standard InChI is InChI=1S/C17H17F2N3O2/c1-11(2)21-10-20(9-12-3-4-13(18)7-15(12)19)22-6-5-14(23)8-16(22)17(21)24/h3-8,11H,9-10H2,1-2H3. The molecule has 0 saturated carbocycles. The first-order chi connectivity index (χ1) is 11.4. The molecule has 0 bridgehead atoms. The van der Waals surface area contributed by atoms with E-state index in [4.69, 9.17) is 0 Å². The number of halogens is 2. The maximum Gasteiger partial charge on any atom is 0.274 e. The summed E-state index contributed by atoms with van der Waals surface area (Å²) in [5, 5.41) is 1.73. The smallest absolute Gasteiger partial charge is 0.274 e. The van der Waals surface area contributed by atoms with Gasteiger partial charge < -0.3 is 4.90 Å². The fourth-order valence-electron chi connectivity index (χ4n) is 2.71. The molecule has 0 spiro atoms. The van der Waals surface area contributed by atoms with Crippen molar-refractivity contribution in [1.82, 2.24) is 9.58 Å². The molecule has 0 saturated heterocycles. The molecule has 2 heterocycles. The molecule has 1 aromatic carbocycles. The van der Waals surface area contributed by atoms with E-state index in [0.29, 0.717) is 5.56 Å². The summed E-state index contributed by atoms with van der Waals surface area (Å²) in [6.45, 7) is 4.11. The zero-order valence-corrected chi connectivity index (χ0v) is 13.4. The van der Waals surface area contributed by atoms with Gasteiger partial charge in [0.1, 0.15) is 24.0 Å². The Labute approximate surface area is 137 Å². The van der Waals surface area contributed by atoms with Crippen LogP contribution >= 0.6 is 0 Å². The summed E-state index contributed by atoms with van der Waals surface area (Å²) in [5.41, 5.74) is 0.261. The largest absolute Gasteiger partial charge is 0.316 e. The van der Waals surface area contributed by atoms with Crippen LogP contribution in [0.1, 0.15) is 29.9 Å².